The zero-order valence-electron chi connectivity index (χ0n) is 11.5. The Morgan fingerprint density at radius 3 is 2.85 bits per heavy atom. The molecule has 6 heteroatoms. The summed E-state index contributed by atoms with van der Waals surface area (Å²) < 4.78 is 11.6. The Kier molecular flexibility index (Phi) is 6.54. The Morgan fingerprint density at radius 1 is 1.60 bits per heavy atom. The molecule has 5 nitrogen and oxygen atoms in total. The molecule has 0 heterocycles. The molecule has 0 saturated heterocycles. The van der Waals surface area contributed by atoms with Crippen LogP contribution in [0.15, 0.2) is 29.3 Å². The van der Waals surface area contributed by atoms with Crippen LogP contribution >= 0.6 is 15.9 Å². The average molecular weight is 344 g/mol. The maximum absolute atomic E-state index is 10.8. The Bertz CT molecular complexity index is 490. The first-order valence-electron chi connectivity index (χ1n) is 6.05. The van der Waals surface area contributed by atoms with E-state index in [2.05, 4.69) is 27.8 Å². The van der Waals surface area contributed by atoms with E-state index in [0.29, 0.717) is 24.7 Å². The molecule has 20 heavy (non-hydrogen) atoms. The minimum absolute atomic E-state index is 0.378. The molecular weight excluding hydrogens is 326 g/mol. The Balaban J connectivity index is 2.87. The van der Waals surface area contributed by atoms with Crippen LogP contribution in [-0.4, -0.2) is 30.8 Å². The summed E-state index contributed by atoms with van der Waals surface area (Å²) in [5, 5.41) is 11.7. The molecule has 2 N–H and O–H groups in total. The summed E-state index contributed by atoms with van der Waals surface area (Å²) >= 11 is 3.42. The maximum Gasteiger partial charge on any atom is 0.320 e. The van der Waals surface area contributed by atoms with Crippen molar-refractivity contribution in [3.8, 4) is 11.5 Å². The van der Waals surface area contributed by atoms with E-state index in [9.17, 15) is 4.79 Å². The van der Waals surface area contributed by atoms with E-state index in [-0.39, 0.29) is 0 Å². The lowest BCUT2D eigenvalue weighted by atomic mass is 10.2. The summed E-state index contributed by atoms with van der Waals surface area (Å²) in [7, 11) is 1.56. The van der Waals surface area contributed by atoms with E-state index in [0.717, 1.165) is 10.0 Å². The fourth-order valence-electron chi connectivity index (χ4n) is 1.52. The Hall–Kier alpha value is -1.53. The quantitative estimate of drug-likeness (QED) is 0.710. The number of hydrogen-bond acceptors (Lipinski definition) is 4. The second-order valence-corrected chi connectivity index (χ2v) is 5.00. The van der Waals surface area contributed by atoms with Crippen molar-refractivity contribution in [2.45, 2.75) is 19.5 Å². The van der Waals surface area contributed by atoms with E-state index < -0.39 is 12.0 Å². The SMILES string of the molecule is C=CCOc1c(Br)cc(CNC(C)C(=O)O)cc1OC. The normalized spacial score (nSPS) is 11.8. The minimum Gasteiger partial charge on any atom is -0.493 e. The predicted molar refractivity (Wildman–Crippen MR) is 80.3 cm³/mol. The van der Waals surface area contributed by atoms with Crippen LogP contribution in [0, 0.1) is 0 Å². The third-order valence-electron chi connectivity index (χ3n) is 2.62. The van der Waals surface area contributed by atoms with Gasteiger partial charge in [0.15, 0.2) is 11.5 Å². The van der Waals surface area contributed by atoms with Gasteiger partial charge in [-0.15, -0.1) is 0 Å². The molecule has 0 aliphatic rings. The summed E-state index contributed by atoms with van der Waals surface area (Å²) in [5.41, 5.74) is 0.896. The smallest absolute Gasteiger partial charge is 0.320 e. The van der Waals surface area contributed by atoms with Crippen molar-refractivity contribution < 1.29 is 19.4 Å². The van der Waals surface area contributed by atoms with Crippen LogP contribution in [0.1, 0.15) is 12.5 Å². The van der Waals surface area contributed by atoms with Crippen molar-refractivity contribution in [2.24, 2.45) is 0 Å². The number of carbonyl (C=O) groups is 1. The zero-order chi connectivity index (χ0) is 15.1. The molecule has 0 aliphatic carbocycles. The number of halogens is 1. The van der Waals surface area contributed by atoms with Gasteiger partial charge in [-0.25, -0.2) is 0 Å². The topological polar surface area (TPSA) is 67.8 Å². The molecule has 0 aliphatic heterocycles. The van der Waals surface area contributed by atoms with Crippen LogP contribution in [-0.2, 0) is 11.3 Å². The number of nitrogens with one attached hydrogen (secondary N) is 1. The van der Waals surface area contributed by atoms with Crippen molar-refractivity contribution in [2.75, 3.05) is 13.7 Å². The molecule has 0 radical (unpaired) electrons. The number of rotatable bonds is 8. The van der Waals surface area contributed by atoms with Gasteiger partial charge in [0.05, 0.1) is 11.6 Å². The number of ether oxygens (including phenoxy) is 2. The van der Waals surface area contributed by atoms with Crippen molar-refractivity contribution in [3.63, 3.8) is 0 Å². The van der Waals surface area contributed by atoms with Crippen LogP contribution in [0.5, 0.6) is 11.5 Å². The first-order valence-corrected chi connectivity index (χ1v) is 6.85. The lowest BCUT2D eigenvalue weighted by molar-refractivity contribution is -0.139. The standard InChI is InChI=1S/C14H18BrNO4/c1-4-5-20-13-11(15)6-10(7-12(13)19-3)8-16-9(2)14(17)18/h4,6-7,9,16H,1,5,8H2,2-3H3,(H,17,18). The molecule has 110 valence electrons. The molecule has 1 aromatic rings. The molecule has 1 unspecified atom stereocenters. The van der Waals surface area contributed by atoms with E-state index >= 15 is 0 Å². The third-order valence-corrected chi connectivity index (χ3v) is 3.21. The van der Waals surface area contributed by atoms with Gasteiger partial charge in [0.1, 0.15) is 12.6 Å². The van der Waals surface area contributed by atoms with Gasteiger partial charge < -0.3 is 19.9 Å². The lowest BCUT2D eigenvalue weighted by Gasteiger charge is -2.14. The average Bonchev–Trinajstić information content (AvgIpc) is 2.42. The van der Waals surface area contributed by atoms with Crippen molar-refractivity contribution in [1.29, 1.82) is 0 Å². The fourth-order valence-corrected chi connectivity index (χ4v) is 2.12. The summed E-state index contributed by atoms with van der Waals surface area (Å²) in [4.78, 5) is 10.8. The highest BCUT2D eigenvalue weighted by molar-refractivity contribution is 9.10. The van der Waals surface area contributed by atoms with Gasteiger partial charge in [-0.1, -0.05) is 12.7 Å². The van der Waals surface area contributed by atoms with Crippen LogP contribution in [0.4, 0.5) is 0 Å². The van der Waals surface area contributed by atoms with Gasteiger partial charge in [-0.3, -0.25) is 4.79 Å². The van der Waals surface area contributed by atoms with E-state index in [1.165, 1.54) is 0 Å². The van der Waals surface area contributed by atoms with Crippen molar-refractivity contribution in [3.05, 3.63) is 34.8 Å². The molecule has 0 aromatic heterocycles. The molecule has 0 fully saturated rings. The lowest BCUT2D eigenvalue weighted by Crippen LogP contribution is -2.33. The molecule has 1 atom stereocenters. The number of methoxy groups -OCH3 is 1. The number of aliphatic carboxylic acids is 1. The van der Waals surface area contributed by atoms with Crippen LogP contribution < -0.4 is 14.8 Å². The van der Waals surface area contributed by atoms with Gasteiger partial charge in [0.2, 0.25) is 0 Å². The summed E-state index contributed by atoms with van der Waals surface area (Å²) in [5.74, 6) is 0.297. The summed E-state index contributed by atoms with van der Waals surface area (Å²) in [6, 6.07) is 3.06. The molecule has 0 bridgehead atoms. The molecule has 0 saturated carbocycles. The van der Waals surface area contributed by atoms with Gasteiger partial charge in [-0.2, -0.15) is 0 Å². The highest BCUT2D eigenvalue weighted by Crippen LogP contribution is 2.36. The number of benzene rings is 1. The van der Waals surface area contributed by atoms with E-state index in [1.54, 1.807) is 20.1 Å². The van der Waals surface area contributed by atoms with Crippen LogP contribution in [0.3, 0.4) is 0 Å². The molecular formula is C14H18BrNO4. The van der Waals surface area contributed by atoms with Crippen LogP contribution in [0.25, 0.3) is 0 Å². The van der Waals surface area contributed by atoms with Gasteiger partial charge in [-0.05, 0) is 40.5 Å². The fraction of sp³-hybridized carbons (Fsp3) is 0.357. The van der Waals surface area contributed by atoms with Gasteiger partial charge >= 0.3 is 5.97 Å². The van der Waals surface area contributed by atoms with Gasteiger partial charge in [0, 0.05) is 6.54 Å². The minimum atomic E-state index is -0.887. The molecule has 0 spiro atoms. The number of carboxylic acids is 1. The second-order valence-electron chi connectivity index (χ2n) is 4.15. The van der Waals surface area contributed by atoms with E-state index in [4.69, 9.17) is 14.6 Å². The first-order chi connectivity index (χ1) is 9.49. The van der Waals surface area contributed by atoms with Gasteiger partial charge in [0.25, 0.3) is 0 Å². The maximum atomic E-state index is 10.8. The van der Waals surface area contributed by atoms with E-state index in [1.807, 2.05) is 12.1 Å². The highest BCUT2D eigenvalue weighted by atomic mass is 79.9. The monoisotopic (exact) mass is 343 g/mol. The second kappa shape index (κ2) is 7.91. The third kappa shape index (κ3) is 4.54. The largest absolute Gasteiger partial charge is 0.493 e. The molecule has 1 aromatic carbocycles. The Labute approximate surface area is 126 Å². The predicted octanol–water partition coefficient (Wildman–Crippen LogP) is 2.59. The molecule has 0 amide bonds. The highest BCUT2D eigenvalue weighted by Gasteiger charge is 2.13. The summed E-state index contributed by atoms with van der Waals surface area (Å²) in [6.45, 7) is 5.99. The summed E-state index contributed by atoms with van der Waals surface area (Å²) in [6.07, 6.45) is 1.65. The Morgan fingerprint density at radius 2 is 2.30 bits per heavy atom. The first kappa shape index (κ1) is 16.5. The van der Waals surface area contributed by atoms with Crippen molar-refractivity contribution >= 4 is 21.9 Å². The van der Waals surface area contributed by atoms with Crippen molar-refractivity contribution in [1.82, 2.24) is 5.32 Å². The van der Waals surface area contributed by atoms with Crippen LogP contribution in [0.2, 0.25) is 0 Å². The molecule has 1 rings (SSSR count). The number of carboxylic acid groups (broad SMARTS) is 1. The zero-order valence-corrected chi connectivity index (χ0v) is 13.1. The number of hydrogen-bond donors (Lipinski definition) is 2.